The summed E-state index contributed by atoms with van der Waals surface area (Å²) in [5.41, 5.74) is 0. The molecule has 1 N–H and O–H groups in total. The van der Waals surface area contributed by atoms with E-state index in [2.05, 4.69) is 12.5 Å². The summed E-state index contributed by atoms with van der Waals surface area (Å²) in [6.45, 7) is 3.39. The minimum absolute atomic E-state index is 0.425. The van der Waals surface area contributed by atoms with Crippen molar-refractivity contribution >= 4 is 0 Å². The highest BCUT2D eigenvalue weighted by molar-refractivity contribution is 4.87. The zero-order chi connectivity index (χ0) is 6.41. The maximum absolute atomic E-state index is 8.78. The van der Waals surface area contributed by atoms with Crippen molar-refractivity contribution in [2.75, 3.05) is 0 Å². The van der Waals surface area contributed by atoms with Gasteiger partial charge in [0.05, 0.1) is 6.10 Å². The molecule has 0 heterocycles. The molecule has 0 aliphatic rings. The second-order valence-electron chi connectivity index (χ2n) is 1.55. The third kappa shape index (κ3) is 3.45. The standard InChI is InChI=1S/C7H10O/c1-3-5-6-7(8)4-2/h1,4,7-8H,2,5-6H2. The summed E-state index contributed by atoms with van der Waals surface area (Å²) in [7, 11) is 0. The molecule has 0 radical (unpaired) electrons. The zero-order valence-electron chi connectivity index (χ0n) is 4.80. The number of hydrogen-bond acceptors (Lipinski definition) is 1. The number of rotatable bonds is 3. The van der Waals surface area contributed by atoms with Crippen molar-refractivity contribution in [2.45, 2.75) is 18.9 Å². The number of terminal acetylenes is 1. The van der Waals surface area contributed by atoms with E-state index in [0.29, 0.717) is 12.8 Å². The van der Waals surface area contributed by atoms with Crippen LogP contribution >= 0.6 is 0 Å². The van der Waals surface area contributed by atoms with Crippen LogP contribution in [0.1, 0.15) is 12.8 Å². The van der Waals surface area contributed by atoms with Crippen LogP contribution in [0.2, 0.25) is 0 Å². The van der Waals surface area contributed by atoms with Crippen LogP contribution in [0, 0.1) is 12.3 Å². The first-order valence-electron chi connectivity index (χ1n) is 2.55. The van der Waals surface area contributed by atoms with E-state index < -0.39 is 6.10 Å². The van der Waals surface area contributed by atoms with Gasteiger partial charge in [0.15, 0.2) is 0 Å². The molecule has 0 spiro atoms. The van der Waals surface area contributed by atoms with Crippen LogP contribution in [0.4, 0.5) is 0 Å². The molecule has 0 aromatic carbocycles. The Morgan fingerprint density at radius 2 is 2.50 bits per heavy atom. The van der Waals surface area contributed by atoms with Crippen molar-refractivity contribution in [3.8, 4) is 12.3 Å². The van der Waals surface area contributed by atoms with Crippen molar-refractivity contribution in [1.82, 2.24) is 0 Å². The van der Waals surface area contributed by atoms with Crippen LogP contribution in [0.5, 0.6) is 0 Å². The van der Waals surface area contributed by atoms with Gasteiger partial charge in [0.1, 0.15) is 0 Å². The summed E-state index contributed by atoms with van der Waals surface area (Å²) in [5, 5.41) is 8.78. The van der Waals surface area contributed by atoms with Crippen LogP contribution in [0.25, 0.3) is 0 Å². The molecule has 1 atom stereocenters. The first-order valence-corrected chi connectivity index (χ1v) is 2.55. The Bertz CT molecular complexity index is 99.4. The number of hydrogen-bond donors (Lipinski definition) is 1. The normalized spacial score (nSPS) is 12.0. The van der Waals surface area contributed by atoms with Gasteiger partial charge in [-0.15, -0.1) is 18.9 Å². The largest absolute Gasteiger partial charge is 0.389 e. The van der Waals surface area contributed by atoms with Crippen molar-refractivity contribution < 1.29 is 5.11 Å². The summed E-state index contributed by atoms with van der Waals surface area (Å²) in [6.07, 6.45) is 7.24. The molecule has 0 bridgehead atoms. The minimum atomic E-state index is -0.425. The Kier molecular flexibility index (Phi) is 4.01. The van der Waals surface area contributed by atoms with Gasteiger partial charge < -0.3 is 5.11 Å². The van der Waals surface area contributed by atoms with Crippen LogP contribution in [0.3, 0.4) is 0 Å². The summed E-state index contributed by atoms with van der Waals surface area (Å²) in [6, 6.07) is 0. The molecule has 0 aromatic rings. The molecule has 0 fully saturated rings. The van der Waals surface area contributed by atoms with Gasteiger partial charge in [-0.3, -0.25) is 0 Å². The van der Waals surface area contributed by atoms with Gasteiger partial charge in [-0.25, -0.2) is 0 Å². The average Bonchev–Trinajstić information content (AvgIpc) is 1.83. The van der Waals surface area contributed by atoms with E-state index >= 15 is 0 Å². The molecule has 1 heteroatoms. The molecule has 1 nitrogen and oxygen atoms in total. The first-order chi connectivity index (χ1) is 3.81. The highest BCUT2D eigenvalue weighted by Gasteiger charge is 1.92. The first kappa shape index (κ1) is 7.26. The van der Waals surface area contributed by atoms with Gasteiger partial charge in [0, 0.05) is 6.42 Å². The SMILES string of the molecule is C#CCCC(O)C=C. The van der Waals surface area contributed by atoms with Crippen molar-refractivity contribution in [2.24, 2.45) is 0 Å². The molecular formula is C7H10O. The topological polar surface area (TPSA) is 20.2 Å². The van der Waals surface area contributed by atoms with Gasteiger partial charge in [-0.1, -0.05) is 6.08 Å². The molecule has 1 unspecified atom stereocenters. The lowest BCUT2D eigenvalue weighted by molar-refractivity contribution is 0.215. The van der Waals surface area contributed by atoms with Crippen molar-refractivity contribution in [1.29, 1.82) is 0 Å². The highest BCUT2D eigenvalue weighted by Crippen LogP contribution is 1.94. The smallest absolute Gasteiger partial charge is 0.0727 e. The van der Waals surface area contributed by atoms with Crippen molar-refractivity contribution in [3.63, 3.8) is 0 Å². The zero-order valence-corrected chi connectivity index (χ0v) is 4.80. The third-order valence-corrected chi connectivity index (χ3v) is 0.857. The van der Waals surface area contributed by atoms with Gasteiger partial charge in [0.2, 0.25) is 0 Å². The van der Waals surface area contributed by atoms with E-state index in [1.165, 1.54) is 6.08 Å². The van der Waals surface area contributed by atoms with Gasteiger partial charge >= 0.3 is 0 Å². The van der Waals surface area contributed by atoms with Crippen LogP contribution in [-0.2, 0) is 0 Å². The quantitative estimate of drug-likeness (QED) is 0.423. The van der Waals surface area contributed by atoms with E-state index in [4.69, 9.17) is 11.5 Å². The predicted octanol–water partition coefficient (Wildman–Crippen LogP) is 0.947. The summed E-state index contributed by atoms with van der Waals surface area (Å²) < 4.78 is 0. The van der Waals surface area contributed by atoms with Crippen molar-refractivity contribution in [3.05, 3.63) is 12.7 Å². The van der Waals surface area contributed by atoms with Gasteiger partial charge in [-0.05, 0) is 6.42 Å². The average molecular weight is 110 g/mol. The maximum atomic E-state index is 8.78. The molecule has 0 saturated heterocycles. The van der Waals surface area contributed by atoms with E-state index in [9.17, 15) is 0 Å². The Labute approximate surface area is 50.0 Å². The fraction of sp³-hybridized carbons (Fsp3) is 0.429. The molecule has 8 heavy (non-hydrogen) atoms. The summed E-state index contributed by atoms with van der Waals surface area (Å²) in [4.78, 5) is 0. The Balaban J connectivity index is 3.13. The Morgan fingerprint density at radius 3 is 2.88 bits per heavy atom. The molecule has 0 amide bonds. The molecule has 0 aromatic heterocycles. The fourth-order valence-electron chi connectivity index (χ4n) is 0.349. The Hall–Kier alpha value is -0.740. The Morgan fingerprint density at radius 1 is 1.88 bits per heavy atom. The molecule has 0 aliphatic carbocycles. The second-order valence-corrected chi connectivity index (χ2v) is 1.55. The molecule has 0 rings (SSSR count). The molecule has 0 saturated carbocycles. The lowest BCUT2D eigenvalue weighted by Crippen LogP contribution is -1.99. The predicted molar refractivity (Wildman–Crippen MR) is 34.3 cm³/mol. The van der Waals surface area contributed by atoms with Gasteiger partial charge in [-0.2, -0.15) is 0 Å². The van der Waals surface area contributed by atoms with E-state index in [1.807, 2.05) is 0 Å². The number of aliphatic hydroxyl groups excluding tert-OH is 1. The molecule has 44 valence electrons. The lowest BCUT2D eigenvalue weighted by Gasteiger charge is -1.97. The molecule has 0 aliphatic heterocycles. The maximum Gasteiger partial charge on any atom is 0.0727 e. The monoisotopic (exact) mass is 110 g/mol. The summed E-state index contributed by atoms with van der Waals surface area (Å²) >= 11 is 0. The molecular weight excluding hydrogens is 100 g/mol. The lowest BCUT2D eigenvalue weighted by atomic mass is 10.2. The minimum Gasteiger partial charge on any atom is -0.389 e. The number of aliphatic hydroxyl groups is 1. The fourth-order valence-corrected chi connectivity index (χ4v) is 0.349. The van der Waals surface area contributed by atoms with E-state index in [1.54, 1.807) is 0 Å². The van der Waals surface area contributed by atoms with E-state index in [-0.39, 0.29) is 0 Å². The third-order valence-electron chi connectivity index (χ3n) is 0.857. The highest BCUT2D eigenvalue weighted by atomic mass is 16.3. The van der Waals surface area contributed by atoms with E-state index in [0.717, 1.165) is 0 Å². The second kappa shape index (κ2) is 4.42. The van der Waals surface area contributed by atoms with Gasteiger partial charge in [0.25, 0.3) is 0 Å². The van der Waals surface area contributed by atoms with Crippen LogP contribution in [-0.4, -0.2) is 11.2 Å². The summed E-state index contributed by atoms with van der Waals surface area (Å²) in [5.74, 6) is 2.43. The van der Waals surface area contributed by atoms with Crippen LogP contribution < -0.4 is 0 Å². The van der Waals surface area contributed by atoms with Crippen LogP contribution in [0.15, 0.2) is 12.7 Å².